The Morgan fingerprint density at radius 3 is 2.37 bits per heavy atom. The molecule has 0 fully saturated rings. The Balaban J connectivity index is 1.68. The fourth-order valence-electron chi connectivity index (χ4n) is 1.90. The van der Waals surface area contributed by atoms with Crippen molar-refractivity contribution in [3.8, 4) is 0 Å². The second-order valence-corrected chi connectivity index (χ2v) is 6.68. The van der Waals surface area contributed by atoms with Gasteiger partial charge in [0.1, 0.15) is 0 Å². The Morgan fingerprint density at radius 2 is 1.70 bits per heavy atom. The van der Waals surface area contributed by atoms with E-state index in [1.807, 2.05) is 0 Å². The molecule has 0 radical (unpaired) electrons. The van der Waals surface area contributed by atoms with Gasteiger partial charge in [0, 0.05) is 16.3 Å². The molecule has 0 aliphatic carbocycles. The molecule has 2 aromatic rings. The van der Waals surface area contributed by atoms with E-state index in [2.05, 4.69) is 5.32 Å². The summed E-state index contributed by atoms with van der Waals surface area (Å²) < 4.78 is 30.7. The van der Waals surface area contributed by atoms with Crippen molar-refractivity contribution >= 4 is 46.7 Å². The van der Waals surface area contributed by atoms with Crippen LogP contribution in [-0.4, -0.2) is 35.8 Å². The van der Waals surface area contributed by atoms with Crippen LogP contribution in [0, 0.1) is 11.6 Å². The van der Waals surface area contributed by atoms with E-state index >= 15 is 0 Å². The molecule has 0 aliphatic heterocycles. The molecule has 0 aliphatic rings. The first-order valence-electron chi connectivity index (χ1n) is 7.62. The molecule has 0 saturated heterocycles. The number of ketones is 1. The number of anilines is 1. The quantitative estimate of drug-likeness (QED) is 0.527. The normalized spacial score (nSPS) is 10.3. The fourth-order valence-corrected chi connectivity index (χ4v) is 2.63. The predicted molar refractivity (Wildman–Crippen MR) is 99.1 cm³/mol. The molecule has 27 heavy (non-hydrogen) atoms. The highest BCUT2D eigenvalue weighted by molar-refractivity contribution is 8.00. The summed E-state index contributed by atoms with van der Waals surface area (Å²) in [5.41, 5.74) is 0.474. The number of amides is 1. The Morgan fingerprint density at radius 1 is 1.00 bits per heavy atom. The number of ether oxygens (including phenoxy) is 1. The zero-order chi connectivity index (χ0) is 19.8. The van der Waals surface area contributed by atoms with E-state index in [4.69, 9.17) is 16.3 Å². The average Bonchev–Trinajstić information content (AvgIpc) is 2.64. The molecule has 0 saturated carbocycles. The van der Waals surface area contributed by atoms with Gasteiger partial charge in [0.2, 0.25) is 5.91 Å². The van der Waals surface area contributed by atoms with Crippen LogP contribution in [0.15, 0.2) is 42.5 Å². The van der Waals surface area contributed by atoms with Crippen molar-refractivity contribution in [2.45, 2.75) is 0 Å². The lowest BCUT2D eigenvalue weighted by atomic mass is 10.1. The van der Waals surface area contributed by atoms with Crippen molar-refractivity contribution in [1.82, 2.24) is 0 Å². The molecule has 0 bridgehead atoms. The first-order valence-corrected chi connectivity index (χ1v) is 9.15. The number of esters is 1. The highest BCUT2D eigenvalue weighted by atomic mass is 35.5. The summed E-state index contributed by atoms with van der Waals surface area (Å²) >= 11 is 6.76. The molecule has 1 amide bonds. The first kappa shape index (κ1) is 20.9. The molecule has 2 aromatic carbocycles. The van der Waals surface area contributed by atoms with Gasteiger partial charge >= 0.3 is 5.97 Å². The second kappa shape index (κ2) is 10.0. The van der Waals surface area contributed by atoms with Crippen molar-refractivity contribution in [2.75, 3.05) is 23.4 Å². The number of hydrogen-bond donors (Lipinski definition) is 1. The lowest BCUT2D eigenvalue weighted by Crippen LogP contribution is -2.18. The van der Waals surface area contributed by atoms with Gasteiger partial charge in [-0.2, -0.15) is 0 Å². The van der Waals surface area contributed by atoms with Crippen LogP contribution in [0.1, 0.15) is 10.4 Å². The maximum Gasteiger partial charge on any atom is 0.316 e. The number of thioether (sulfide) groups is 1. The summed E-state index contributed by atoms with van der Waals surface area (Å²) in [6.07, 6.45) is 0. The van der Waals surface area contributed by atoms with Crippen LogP contribution in [0.4, 0.5) is 14.5 Å². The van der Waals surface area contributed by atoms with Crippen LogP contribution in [0.3, 0.4) is 0 Å². The van der Waals surface area contributed by atoms with Gasteiger partial charge in [-0.25, -0.2) is 8.78 Å². The molecule has 0 atom stereocenters. The molecular formula is C18H14ClF2NO4S. The number of carbonyl (C=O) groups is 3. The Hall–Kier alpha value is -2.45. The fraction of sp³-hybridized carbons (Fsp3) is 0.167. The SMILES string of the molecule is O=C(CSCC(=O)OCC(=O)c1ccc(F)c(F)c1)Nc1ccc(Cl)cc1. The molecule has 0 aromatic heterocycles. The topological polar surface area (TPSA) is 72.5 Å². The van der Waals surface area contributed by atoms with Gasteiger partial charge in [-0.1, -0.05) is 11.6 Å². The lowest BCUT2D eigenvalue weighted by molar-refractivity contribution is -0.139. The Bertz CT molecular complexity index is 846. The van der Waals surface area contributed by atoms with E-state index in [0.29, 0.717) is 10.7 Å². The lowest BCUT2D eigenvalue weighted by Gasteiger charge is -2.06. The number of hydrogen-bond acceptors (Lipinski definition) is 5. The zero-order valence-corrected chi connectivity index (χ0v) is 15.4. The number of Topliss-reactive ketones (excluding diaryl/α,β-unsaturated/α-hetero) is 1. The largest absolute Gasteiger partial charge is 0.457 e. The third-order valence-electron chi connectivity index (χ3n) is 3.19. The molecule has 9 heteroatoms. The summed E-state index contributed by atoms with van der Waals surface area (Å²) in [5, 5.41) is 3.18. The monoisotopic (exact) mass is 413 g/mol. The summed E-state index contributed by atoms with van der Waals surface area (Å²) in [6.45, 7) is -0.596. The van der Waals surface area contributed by atoms with Crippen LogP contribution in [0.2, 0.25) is 5.02 Å². The second-order valence-electron chi connectivity index (χ2n) is 5.26. The highest BCUT2D eigenvalue weighted by Crippen LogP contribution is 2.14. The number of rotatable bonds is 8. The van der Waals surface area contributed by atoms with Crippen LogP contribution in [0.5, 0.6) is 0 Å². The van der Waals surface area contributed by atoms with Gasteiger partial charge in [0.15, 0.2) is 24.0 Å². The van der Waals surface area contributed by atoms with Gasteiger partial charge in [0.05, 0.1) is 11.5 Å². The van der Waals surface area contributed by atoms with Crippen LogP contribution < -0.4 is 5.32 Å². The Labute approximate surface area is 163 Å². The number of nitrogens with one attached hydrogen (secondary N) is 1. The molecule has 1 N–H and O–H groups in total. The van der Waals surface area contributed by atoms with Gasteiger partial charge in [-0.05, 0) is 42.5 Å². The zero-order valence-electron chi connectivity index (χ0n) is 13.8. The number of carbonyl (C=O) groups excluding carboxylic acids is 3. The first-order chi connectivity index (χ1) is 12.8. The van der Waals surface area contributed by atoms with Crippen molar-refractivity contribution < 1.29 is 27.9 Å². The molecule has 142 valence electrons. The van der Waals surface area contributed by atoms with E-state index < -0.39 is 30.0 Å². The third-order valence-corrected chi connectivity index (χ3v) is 4.34. The van der Waals surface area contributed by atoms with Gasteiger partial charge in [-0.15, -0.1) is 11.8 Å². The van der Waals surface area contributed by atoms with Crippen LogP contribution in [-0.2, 0) is 14.3 Å². The summed E-state index contributed by atoms with van der Waals surface area (Å²) in [6, 6.07) is 9.20. The standard InChI is InChI=1S/C18H14ClF2NO4S/c19-12-2-4-13(5-3-12)22-17(24)9-27-10-18(25)26-8-16(23)11-1-6-14(20)15(21)7-11/h1-7H,8-10H2,(H,22,24). The van der Waals surface area contributed by atoms with Gasteiger partial charge in [0.25, 0.3) is 0 Å². The number of halogens is 3. The van der Waals surface area contributed by atoms with Crippen LogP contribution >= 0.6 is 23.4 Å². The van der Waals surface area contributed by atoms with E-state index in [0.717, 1.165) is 30.0 Å². The highest BCUT2D eigenvalue weighted by Gasteiger charge is 2.13. The average molecular weight is 414 g/mol. The molecule has 0 spiro atoms. The third kappa shape index (κ3) is 6.99. The molecule has 0 unspecified atom stereocenters. The van der Waals surface area contributed by atoms with Gasteiger partial charge < -0.3 is 10.1 Å². The van der Waals surface area contributed by atoms with Gasteiger partial charge in [-0.3, -0.25) is 14.4 Å². The molecule has 0 heterocycles. The molecular weight excluding hydrogens is 400 g/mol. The Kier molecular flexibility index (Phi) is 7.75. The molecule has 5 nitrogen and oxygen atoms in total. The number of benzene rings is 2. The van der Waals surface area contributed by atoms with Crippen molar-refractivity contribution in [1.29, 1.82) is 0 Å². The van der Waals surface area contributed by atoms with E-state index in [9.17, 15) is 23.2 Å². The van der Waals surface area contributed by atoms with Crippen LogP contribution in [0.25, 0.3) is 0 Å². The summed E-state index contributed by atoms with van der Waals surface area (Å²) in [5.74, 6) is -4.03. The van der Waals surface area contributed by atoms with E-state index in [1.165, 1.54) is 0 Å². The summed E-state index contributed by atoms with van der Waals surface area (Å²) in [7, 11) is 0. The smallest absolute Gasteiger partial charge is 0.316 e. The predicted octanol–water partition coefficient (Wildman–Crippen LogP) is 3.72. The van der Waals surface area contributed by atoms with Crippen molar-refractivity contribution in [2.24, 2.45) is 0 Å². The van der Waals surface area contributed by atoms with Crippen molar-refractivity contribution in [3.63, 3.8) is 0 Å². The minimum atomic E-state index is -1.16. The minimum Gasteiger partial charge on any atom is -0.457 e. The molecule has 2 rings (SSSR count). The maximum atomic E-state index is 13.1. The van der Waals surface area contributed by atoms with E-state index in [1.54, 1.807) is 24.3 Å². The summed E-state index contributed by atoms with van der Waals surface area (Å²) in [4.78, 5) is 35.1. The van der Waals surface area contributed by atoms with E-state index in [-0.39, 0.29) is 23.0 Å². The maximum absolute atomic E-state index is 13.1. The minimum absolute atomic E-state index is 0.00878. The van der Waals surface area contributed by atoms with Crippen molar-refractivity contribution in [3.05, 3.63) is 64.7 Å².